The predicted molar refractivity (Wildman–Crippen MR) is 116 cm³/mol. The van der Waals surface area contributed by atoms with Gasteiger partial charge in [-0.25, -0.2) is 4.79 Å². The van der Waals surface area contributed by atoms with Gasteiger partial charge in [-0.2, -0.15) is 0 Å². The van der Waals surface area contributed by atoms with Gasteiger partial charge < -0.3 is 34.2 Å². The standard InChI is InChI=1S/C24H25NO7/c1-24(2)8-7-12-15(32-24)6-5-13-21(12)30-19-11-29-16-10-18(28-4)17(27-3)9-14(16)20(19)22(13)31-23(25)26/h5-10,19-20,22H,11H2,1-4H3,(H2,25,26)/t19-,20-,22-/m1/s1. The molecular formula is C24H25NO7. The van der Waals surface area contributed by atoms with Crippen molar-refractivity contribution in [3.05, 3.63) is 47.0 Å². The minimum atomic E-state index is -0.860. The molecule has 0 fully saturated rings. The van der Waals surface area contributed by atoms with E-state index < -0.39 is 23.9 Å². The molecule has 3 heterocycles. The van der Waals surface area contributed by atoms with Gasteiger partial charge in [-0.05, 0) is 44.2 Å². The first-order chi connectivity index (χ1) is 15.3. The molecule has 3 atom stereocenters. The van der Waals surface area contributed by atoms with Gasteiger partial charge in [-0.3, -0.25) is 0 Å². The van der Waals surface area contributed by atoms with E-state index in [1.807, 2.05) is 44.2 Å². The topological polar surface area (TPSA) is 98.5 Å². The summed E-state index contributed by atoms with van der Waals surface area (Å²) in [5.74, 6) is 2.68. The van der Waals surface area contributed by atoms with E-state index in [1.54, 1.807) is 20.3 Å². The molecule has 0 unspecified atom stereocenters. The van der Waals surface area contributed by atoms with E-state index in [0.717, 1.165) is 16.7 Å². The van der Waals surface area contributed by atoms with Gasteiger partial charge in [0.1, 0.15) is 41.7 Å². The van der Waals surface area contributed by atoms with Crippen LogP contribution < -0.4 is 29.4 Å². The molecule has 1 amide bonds. The highest BCUT2D eigenvalue weighted by atomic mass is 16.6. The van der Waals surface area contributed by atoms with Crippen LogP contribution >= 0.6 is 0 Å². The molecule has 0 saturated carbocycles. The third-order valence-electron chi connectivity index (χ3n) is 6.03. The van der Waals surface area contributed by atoms with Crippen molar-refractivity contribution in [3.8, 4) is 28.7 Å². The van der Waals surface area contributed by atoms with Gasteiger partial charge >= 0.3 is 6.09 Å². The molecule has 3 aliphatic heterocycles. The van der Waals surface area contributed by atoms with Crippen molar-refractivity contribution in [2.24, 2.45) is 5.73 Å². The molecule has 8 nitrogen and oxygen atoms in total. The Hall–Kier alpha value is -3.55. The average Bonchev–Trinajstić information content (AvgIpc) is 2.76. The monoisotopic (exact) mass is 439 g/mol. The summed E-state index contributed by atoms with van der Waals surface area (Å²) in [7, 11) is 3.13. The van der Waals surface area contributed by atoms with Gasteiger partial charge in [0.15, 0.2) is 11.5 Å². The van der Waals surface area contributed by atoms with E-state index in [0.29, 0.717) is 28.7 Å². The SMILES string of the molecule is COc1cc2c(cc1OC)[C@H]1[C@H](OC(N)=O)c3ccc4c(c3O[C@@H]1CO2)C=CC(C)(C)O4. The highest BCUT2D eigenvalue weighted by Crippen LogP contribution is 2.54. The Balaban J connectivity index is 1.66. The zero-order valence-corrected chi connectivity index (χ0v) is 18.3. The molecule has 32 heavy (non-hydrogen) atoms. The van der Waals surface area contributed by atoms with Crippen LogP contribution in [0.4, 0.5) is 4.79 Å². The molecule has 0 bridgehead atoms. The maximum atomic E-state index is 11.9. The Morgan fingerprint density at radius 1 is 1.09 bits per heavy atom. The zero-order valence-electron chi connectivity index (χ0n) is 18.3. The molecule has 2 N–H and O–H groups in total. The Morgan fingerprint density at radius 3 is 2.56 bits per heavy atom. The van der Waals surface area contributed by atoms with E-state index >= 15 is 0 Å². The van der Waals surface area contributed by atoms with E-state index in [1.165, 1.54) is 0 Å². The lowest BCUT2D eigenvalue weighted by Crippen LogP contribution is -2.43. The van der Waals surface area contributed by atoms with Crippen LogP contribution in [0.15, 0.2) is 30.3 Å². The molecule has 0 radical (unpaired) electrons. The minimum Gasteiger partial charge on any atom is -0.493 e. The highest BCUT2D eigenvalue weighted by Gasteiger charge is 2.47. The number of hydrogen-bond donors (Lipinski definition) is 1. The summed E-state index contributed by atoms with van der Waals surface area (Å²) >= 11 is 0. The van der Waals surface area contributed by atoms with Crippen LogP contribution in [-0.2, 0) is 4.74 Å². The maximum Gasteiger partial charge on any atom is 0.405 e. The van der Waals surface area contributed by atoms with Crippen LogP contribution in [0.1, 0.15) is 42.6 Å². The summed E-state index contributed by atoms with van der Waals surface area (Å²) in [6, 6.07) is 7.34. The summed E-state index contributed by atoms with van der Waals surface area (Å²) < 4.78 is 35.1. The fraction of sp³-hybridized carbons (Fsp3) is 0.375. The van der Waals surface area contributed by atoms with Crippen LogP contribution in [0.5, 0.6) is 28.7 Å². The highest BCUT2D eigenvalue weighted by molar-refractivity contribution is 5.71. The molecule has 0 saturated heterocycles. The van der Waals surface area contributed by atoms with Crippen molar-refractivity contribution in [1.82, 2.24) is 0 Å². The summed E-state index contributed by atoms with van der Waals surface area (Å²) in [5, 5.41) is 0. The molecular weight excluding hydrogens is 414 g/mol. The van der Waals surface area contributed by atoms with E-state index in [4.69, 9.17) is 34.2 Å². The summed E-state index contributed by atoms with van der Waals surface area (Å²) in [4.78, 5) is 11.9. The number of methoxy groups -OCH3 is 2. The first-order valence-corrected chi connectivity index (χ1v) is 10.4. The van der Waals surface area contributed by atoms with Crippen LogP contribution in [0.3, 0.4) is 0 Å². The van der Waals surface area contributed by atoms with Crippen molar-refractivity contribution in [1.29, 1.82) is 0 Å². The van der Waals surface area contributed by atoms with Crippen molar-refractivity contribution in [2.45, 2.75) is 37.6 Å². The van der Waals surface area contributed by atoms with Gasteiger partial charge in [0.25, 0.3) is 0 Å². The average molecular weight is 439 g/mol. The second-order valence-electron chi connectivity index (χ2n) is 8.53. The van der Waals surface area contributed by atoms with Crippen molar-refractivity contribution >= 4 is 12.2 Å². The van der Waals surface area contributed by atoms with E-state index in [2.05, 4.69) is 0 Å². The van der Waals surface area contributed by atoms with Crippen LogP contribution in [-0.4, -0.2) is 38.6 Å². The lowest BCUT2D eigenvalue weighted by Gasteiger charge is -2.43. The lowest BCUT2D eigenvalue weighted by atomic mass is 9.79. The number of fused-ring (bicyclic) bond motifs is 6. The third kappa shape index (κ3) is 3.18. The second-order valence-corrected chi connectivity index (χ2v) is 8.53. The molecule has 3 aliphatic rings. The molecule has 8 heteroatoms. The first-order valence-electron chi connectivity index (χ1n) is 10.4. The largest absolute Gasteiger partial charge is 0.493 e. The normalized spacial score (nSPS) is 23.7. The van der Waals surface area contributed by atoms with Crippen molar-refractivity contribution in [3.63, 3.8) is 0 Å². The number of carbonyl (C=O) groups excluding carboxylic acids is 1. The first kappa shape index (κ1) is 20.4. The van der Waals surface area contributed by atoms with Gasteiger partial charge in [0, 0.05) is 17.2 Å². The number of nitrogens with two attached hydrogens (primary N) is 1. The molecule has 2 aromatic carbocycles. The molecule has 0 spiro atoms. The van der Waals surface area contributed by atoms with Crippen molar-refractivity contribution in [2.75, 3.05) is 20.8 Å². The molecule has 168 valence electrons. The predicted octanol–water partition coefficient (Wildman–Crippen LogP) is 3.96. The van der Waals surface area contributed by atoms with Crippen LogP contribution in [0.25, 0.3) is 6.08 Å². The third-order valence-corrected chi connectivity index (χ3v) is 6.03. The van der Waals surface area contributed by atoms with Crippen LogP contribution in [0, 0.1) is 0 Å². The summed E-state index contributed by atoms with van der Waals surface area (Å²) in [5.41, 5.74) is 7.37. The molecule has 2 aromatic rings. The fourth-order valence-corrected chi connectivity index (χ4v) is 4.61. The Kier molecular flexibility index (Phi) is 4.62. The van der Waals surface area contributed by atoms with Gasteiger partial charge in [-0.15, -0.1) is 0 Å². The zero-order chi connectivity index (χ0) is 22.6. The van der Waals surface area contributed by atoms with Gasteiger partial charge in [0.05, 0.1) is 25.7 Å². The molecule has 5 rings (SSSR count). The van der Waals surface area contributed by atoms with E-state index in [-0.39, 0.29) is 12.5 Å². The summed E-state index contributed by atoms with van der Waals surface area (Å²) in [6.07, 6.45) is 2.01. The lowest BCUT2D eigenvalue weighted by molar-refractivity contribution is -0.00684. The van der Waals surface area contributed by atoms with Crippen molar-refractivity contribution < 1.29 is 33.2 Å². The molecule has 0 aliphatic carbocycles. The molecule has 0 aromatic heterocycles. The minimum absolute atomic E-state index is 0.269. The Morgan fingerprint density at radius 2 is 1.84 bits per heavy atom. The van der Waals surface area contributed by atoms with Crippen LogP contribution in [0.2, 0.25) is 0 Å². The smallest absolute Gasteiger partial charge is 0.405 e. The number of ether oxygens (including phenoxy) is 6. The Bertz CT molecular complexity index is 1120. The number of amides is 1. The number of rotatable bonds is 3. The second kappa shape index (κ2) is 7.25. The van der Waals surface area contributed by atoms with Gasteiger partial charge in [-0.1, -0.05) is 0 Å². The number of carbonyl (C=O) groups is 1. The van der Waals surface area contributed by atoms with Gasteiger partial charge in [0.2, 0.25) is 0 Å². The number of hydrogen-bond acceptors (Lipinski definition) is 7. The number of primary amides is 1. The quantitative estimate of drug-likeness (QED) is 0.773. The fourth-order valence-electron chi connectivity index (χ4n) is 4.61. The van der Waals surface area contributed by atoms with E-state index in [9.17, 15) is 4.79 Å². The Labute approximate surface area is 185 Å². The maximum absolute atomic E-state index is 11.9. The number of benzene rings is 2. The summed E-state index contributed by atoms with van der Waals surface area (Å²) in [6.45, 7) is 4.23.